The van der Waals surface area contributed by atoms with E-state index >= 15 is 0 Å². The maximum Gasteiger partial charge on any atom is 0.264 e. The Balaban J connectivity index is 2.37. The van der Waals surface area contributed by atoms with E-state index in [4.69, 9.17) is 39.5 Å². The molecule has 112 valence electrons. The lowest BCUT2D eigenvalue weighted by Crippen LogP contribution is -2.15. The van der Waals surface area contributed by atoms with Crippen molar-refractivity contribution >= 4 is 50.8 Å². The third kappa shape index (κ3) is 3.88. The molecule has 0 spiro atoms. The van der Waals surface area contributed by atoms with Gasteiger partial charge >= 0.3 is 0 Å². The van der Waals surface area contributed by atoms with Crippen LogP contribution in [0.3, 0.4) is 0 Å². The van der Waals surface area contributed by atoms with Crippen molar-refractivity contribution in [3.63, 3.8) is 0 Å². The van der Waals surface area contributed by atoms with Crippen LogP contribution in [0.5, 0.6) is 5.88 Å². The van der Waals surface area contributed by atoms with Crippen LogP contribution in [0.2, 0.25) is 15.2 Å². The second kappa shape index (κ2) is 6.23. The smallest absolute Gasteiger partial charge is 0.264 e. The number of nitrogens with one attached hydrogen (secondary N) is 1. The third-order valence-electron chi connectivity index (χ3n) is 2.31. The molecule has 0 saturated carbocycles. The number of halogens is 3. The minimum Gasteiger partial charge on any atom is -0.481 e. The number of hydrogen-bond donors (Lipinski definition) is 1. The lowest BCUT2D eigenvalue weighted by Gasteiger charge is -2.08. The predicted octanol–water partition coefficient (Wildman–Crippen LogP) is 3.25. The van der Waals surface area contributed by atoms with Crippen LogP contribution in [-0.4, -0.2) is 25.5 Å². The summed E-state index contributed by atoms with van der Waals surface area (Å²) in [4.78, 5) is 7.51. The first-order valence-corrected chi connectivity index (χ1v) is 8.00. The van der Waals surface area contributed by atoms with Gasteiger partial charge in [-0.05, 0) is 18.2 Å². The molecular formula is C11H8Cl3N3O3S. The zero-order chi connectivity index (χ0) is 15.6. The van der Waals surface area contributed by atoms with Crippen LogP contribution in [0.4, 0.5) is 5.95 Å². The minimum atomic E-state index is -3.93. The number of nitrogens with zero attached hydrogens (tertiary/aromatic N) is 2. The molecule has 0 aliphatic heterocycles. The maximum absolute atomic E-state index is 12.2. The summed E-state index contributed by atoms with van der Waals surface area (Å²) in [6.07, 6.45) is 0. The van der Waals surface area contributed by atoms with Gasteiger partial charge in [-0.25, -0.2) is 18.1 Å². The molecule has 1 N–H and O–H groups in total. The number of sulfonamides is 1. The summed E-state index contributed by atoms with van der Waals surface area (Å²) in [6.45, 7) is 0. The number of aromatic nitrogens is 2. The fourth-order valence-corrected chi connectivity index (χ4v) is 2.88. The zero-order valence-electron chi connectivity index (χ0n) is 10.5. The quantitative estimate of drug-likeness (QED) is 0.838. The van der Waals surface area contributed by atoms with E-state index in [0.29, 0.717) is 0 Å². The predicted molar refractivity (Wildman–Crippen MR) is 80.9 cm³/mol. The van der Waals surface area contributed by atoms with E-state index in [-0.39, 0.29) is 31.9 Å². The van der Waals surface area contributed by atoms with Gasteiger partial charge in [0, 0.05) is 6.07 Å². The third-order valence-corrected chi connectivity index (χ3v) is 4.57. The summed E-state index contributed by atoms with van der Waals surface area (Å²) in [5, 5.41) is 0.397. The van der Waals surface area contributed by atoms with Gasteiger partial charge in [0.15, 0.2) is 0 Å². The van der Waals surface area contributed by atoms with E-state index in [0.717, 1.165) is 0 Å². The Morgan fingerprint density at radius 1 is 1.10 bits per heavy atom. The first kappa shape index (κ1) is 16.1. The molecule has 0 atom stereocenters. The highest BCUT2D eigenvalue weighted by atomic mass is 35.5. The largest absolute Gasteiger partial charge is 0.481 e. The molecule has 1 aromatic carbocycles. The molecule has 2 rings (SSSR count). The van der Waals surface area contributed by atoms with Gasteiger partial charge in [0.25, 0.3) is 10.0 Å². The Morgan fingerprint density at radius 2 is 1.81 bits per heavy atom. The SMILES string of the molecule is COc1cc(Cl)nc(NS(=O)(=O)c2ccc(Cl)c(Cl)c2)n1. The Bertz CT molecular complexity index is 784. The van der Waals surface area contributed by atoms with Gasteiger partial charge in [-0.3, -0.25) is 0 Å². The molecule has 6 nitrogen and oxygen atoms in total. The lowest BCUT2D eigenvalue weighted by molar-refractivity contribution is 0.397. The molecule has 0 aliphatic carbocycles. The molecule has 0 unspecified atom stereocenters. The number of ether oxygens (including phenoxy) is 1. The standard InChI is InChI=1S/C11H8Cl3N3O3S/c1-20-10-5-9(14)15-11(16-10)17-21(18,19)6-2-3-7(12)8(13)4-6/h2-5H,1H3,(H,15,16,17). The van der Waals surface area contributed by atoms with E-state index in [9.17, 15) is 8.42 Å². The minimum absolute atomic E-state index is 0.0358. The molecule has 0 bridgehead atoms. The molecule has 21 heavy (non-hydrogen) atoms. The van der Waals surface area contributed by atoms with E-state index in [2.05, 4.69) is 14.7 Å². The number of rotatable bonds is 4. The van der Waals surface area contributed by atoms with Gasteiger partial charge in [-0.15, -0.1) is 0 Å². The van der Waals surface area contributed by atoms with Crippen molar-refractivity contribution in [2.45, 2.75) is 4.90 Å². The molecule has 1 heterocycles. The van der Waals surface area contributed by atoms with Crippen LogP contribution in [0.1, 0.15) is 0 Å². The van der Waals surface area contributed by atoms with Crippen molar-refractivity contribution in [1.82, 2.24) is 9.97 Å². The van der Waals surface area contributed by atoms with Gasteiger partial charge in [0.1, 0.15) is 5.15 Å². The van der Waals surface area contributed by atoms with Crippen molar-refractivity contribution in [1.29, 1.82) is 0 Å². The van der Waals surface area contributed by atoms with Crippen molar-refractivity contribution in [3.8, 4) is 5.88 Å². The van der Waals surface area contributed by atoms with Gasteiger partial charge in [0.2, 0.25) is 11.8 Å². The fraction of sp³-hybridized carbons (Fsp3) is 0.0909. The van der Waals surface area contributed by atoms with E-state index < -0.39 is 10.0 Å². The van der Waals surface area contributed by atoms with E-state index in [1.54, 1.807) is 0 Å². The maximum atomic E-state index is 12.2. The first-order valence-electron chi connectivity index (χ1n) is 5.38. The summed E-state index contributed by atoms with van der Waals surface area (Å²) in [6, 6.07) is 5.24. The molecule has 0 amide bonds. The van der Waals surface area contributed by atoms with Gasteiger partial charge in [-0.2, -0.15) is 4.98 Å². The van der Waals surface area contributed by atoms with Crippen molar-refractivity contribution < 1.29 is 13.2 Å². The lowest BCUT2D eigenvalue weighted by atomic mass is 10.4. The summed E-state index contributed by atoms with van der Waals surface area (Å²) in [7, 11) is -2.56. The molecule has 1 aromatic heterocycles. The summed E-state index contributed by atoms with van der Waals surface area (Å²) in [5.41, 5.74) is 0. The fourth-order valence-electron chi connectivity index (χ4n) is 1.37. The Kier molecular flexibility index (Phi) is 4.77. The average molecular weight is 369 g/mol. The number of methoxy groups -OCH3 is 1. The molecular weight excluding hydrogens is 361 g/mol. The summed E-state index contributed by atoms with van der Waals surface area (Å²) >= 11 is 17.3. The Morgan fingerprint density at radius 3 is 2.43 bits per heavy atom. The molecule has 10 heteroatoms. The normalized spacial score (nSPS) is 11.2. The monoisotopic (exact) mass is 367 g/mol. The van der Waals surface area contributed by atoms with Crippen LogP contribution in [0.25, 0.3) is 0 Å². The highest BCUT2D eigenvalue weighted by Crippen LogP contribution is 2.26. The second-order valence-corrected chi connectivity index (χ2v) is 6.62. The van der Waals surface area contributed by atoms with Gasteiger partial charge in [-0.1, -0.05) is 34.8 Å². The topological polar surface area (TPSA) is 81.2 Å². The molecule has 2 aromatic rings. The second-order valence-electron chi connectivity index (χ2n) is 3.74. The van der Waals surface area contributed by atoms with Crippen LogP contribution < -0.4 is 9.46 Å². The molecule has 0 radical (unpaired) electrons. The van der Waals surface area contributed by atoms with Crippen LogP contribution in [-0.2, 0) is 10.0 Å². The van der Waals surface area contributed by atoms with Crippen molar-refractivity contribution in [3.05, 3.63) is 39.5 Å². The average Bonchev–Trinajstić information content (AvgIpc) is 2.40. The summed E-state index contributed by atoms with van der Waals surface area (Å²) < 4.78 is 31.5. The number of anilines is 1. The highest BCUT2D eigenvalue weighted by Gasteiger charge is 2.18. The van der Waals surface area contributed by atoms with Crippen LogP contribution in [0, 0.1) is 0 Å². The van der Waals surface area contributed by atoms with E-state index in [1.807, 2.05) is 0 Å². The zero-order valence-corrected chi connectivity index (χ0v) is 13.6. The van der Waals surface area contributed by atoms with Crippen molar-refractivity contribution in [2.24, 2.45) is 0 Å². The first-order chi connectivity index (χ1) is 9.81. The van der Waals surface area contributed by atoms with Crippen LogP contribution in [0.15, 0.2) is 29.2 Å². The van der Waals surface area contributed by atoms with E-state index in [1.165, 1.54) is 31.4 Å². The number of hydrogen-bond acceptors (Lipinski definition) is 5. The summed E-state index contributed by atoms with van der Waals surface area (Å²) in [5.74, 6) is -0.0905. The van der Waals surface area contributed by atoms with Crippen LogP contribution >= 0.6 is 34.8 Å². The van der Waals surface area contributed by atoms with Gasteiger partial charge < -0.3 is 4.74 Å². The molecule has 0 fully saturated rings. The molecule has 0 saturated heterocycles. The number of benzene rings is 1. The van der Waals surface area contributed by atoms with Gasteiger partial charge in [0.05, 0.1) is 22.1 Å². The Labute approximate surface area is 136 Å². The Hall–Kier alpha value is -1.28. The molecule has 0 aliphatic rings. The highest BCUT2D eigenvalue weighted by molar-refractivity contribution is 7.92. The van der Waals surface area contributed by atoms with Crippen molar-refractivity contribution in [2.75, 3.05) is 11.8 Å².